The summed E-state index contributed by atoms with van der Waals surface area (Å²) < 4.78 is 5.12. The molecule has 5 heteroatoms. The predicted molar refractivity (Wildman–Crippen MR) is 103 cm³/mol. The number of rotatable bonds is 8. The van der Waals surface area contributed by atoms with E-state index in [0.717, 1.165) is 24.3 Å². The van der Waals surface area contributed by atoms with E-state index in [-0.39, 0.29) is 6.03 Å². The van der Waals surface area contributed by atoms with Gasteiger partial charge >= 0.3 is 6.03 Å². The van der Waals surface area contributed by atoms with Gasteiger partial charge in [-0.3, -0.25) is 4.90 Å². The minimum absolute atomic E-state index is 0.188. The third-order valence-electron chi connectivity index (χ3n) is 3.91. The average molecular weight is 345 g/mol. The fourth-order valence-electron chi connectivity index (χ4n) is 2.47. The molecule has 2 amide bonds. The number of amides is 2. The third kappa shape index (κ3) is 8.46. The van der Waals surface area contributed by atoms with Crippen LogP contribution in [0.2, 0.25) is 0 Å². The van der Waals surface area contributed by atoms with Gasteiger partial charge in [0.2, 0.25) is 0 Å². The van der Waals surface area contributed by atoms with Crippen LogP contribution in [0, 0.1) is 11.8 Å². The Kier molecular flexibility index (Phi) is 9.49. The molecule has 0 aliphatic carbocycles. The number of carbonyl (C=O) groups is 1. The molecule has 0 saturated heterocycles. The summed E-state index contributed by atoms with van der Waals surface area (Å²) in [6, 6.07) is 8.57. The van der Waals surface area contributed by atoms with Crippen LogP contribution in [-0.4, -0.2) is 49.8 Å². The zero-order valence-corrected chi connectivity index (χ0v) is 16.1. The van der Waals surface area contributed by atoms with E-state index >= 15 is 0 Å². The van der Waals surface area contributed by atoms with Crippen molar-refractivity contribution in [2.75, 3.05) is 26.7 Å². The molecule has 1 rings (SSSR count). The lowest BCUT2D eigenvalue weighted by molar-refractivity contribution is 0.200. The van der Waals surface area contributed by atoms with Crippen molar-refractivity contribution in [1.29, 1.82) is 0 Å². The standard InChI is InChI=1S/C20H31N3O2/c1-16(2)23(17(3)4)15-7-6-13-21-20(24)22-14-12-18-8-10-19(25-5)11-9-18/h8-11,16-17H,12-15H2,1-5H3,(H2,21,22,24). The van der Waals surface area contributed by atoms with E-state index in [1.807, 2.05) is 24.3 Å². The molecule has 0 aromatic heterocycles. The van der Waals surface area contributed by atoms with E-state index in [9.17, 15) is 4.79 Å². The van der Waals surface area contributed by atoms with Gasteiger partial charge in [-0.1, -0.05) is 24.0 Å². The van der Waals surface area contributed by atoms with Crippen LogP contribution in [0.4, 0.5) is 4.79 Å². The van der Waals surface area contributed by atoms with Crippen molar-refractivity contribution in [3.05, 3.63) is 29.8 Å². The molecule has 0 aliphatic heterocycles. The van der Waals surface area contributed by atoms with E-state index in [1.165, 1.54) is 0 Å². The van der Waals surface area contributed by atoms with Gasteiger partial charge in [-0.15, -0.1) is 0 Å². The first-order valence-electron chi connectivity index (χ1n) is 8.80. The van der Waals surface area contributed by atoms with Crippen molar-refractivity contribution < 1.29 is 9.53 Å². The molecule has 138 valence electrons. The average Bonchev–Trinajstić information content (AvgIpc) is 2.57. The highest BCUT2D eigenvalue weighted by molar-refractivity contribution is 5.74. The first-order chi connectivity index (χ1) is 11.9. The van der Waals surface area contributed by atoms with Gasteiger partial charge in [0.25, 0.3) is 0 Å². The molecule has 2 N–H and O–H groups in total. The van der Waals surface area contributed by atoms with Crippen LogP contribution in [0.15, 0.2) is 24.3 Å². The molecule has 0 bridgehead atoms. The van der Waals surface area contributed by atoms with Gasteiger partial charge in [0.1, 0.15) is 5.75 Å². The van der Waals surface area contributed by atoms with Crippen LogP contribution in [-0.2, 0) is 6.42 Å². The van der Waals surface area contributed by atoms with E-state index in [2.05, 4.69) is 55.1 Å². The maximum atomic E-state index is 11.7. The Morgan fingerprint density at radius 1 is 1.08 bits per heavy atom. The maximum Gasteiger partial charge on any atom is 0.315 e. The minimum atomic E-state index is -0.188. The topological polar surface area (TPSA) is 53.6 Å². The summed E-state index contributed by atoms with van der Waals surface area (Å²) in [4.78, 5) is 14.0. The number of benzene rings is 1. The van der Waals surface area contributed by atoms with Gasteiger partial charge in [0, 0.05) is 18.6 Å². The molecule has 1 aromatic carbocycles. The Morgan fingerprint density at radius 2 is 1.72 bits per heavy atom. The van der Waals surface area contributed by atoms with Crippen LogP contribution >= 0.6 is 0 Å². The van der Waals surface area contributed by atoms with Gasteiger partial charge in [0.15, 0.2) is 0 Å². The number of hydrogen-bond donors (Lipinski definition) is 2. The van der Waals surface area contributed by atoms with Crippen molar-refractivity contribution in [2.45, 2.75) is 46.2 Å². The van der Waals surface area contributed by atoms with Crippen LogP contribution in [0.5, 0.6) is 5.75 Å². The van der Waals surface area contributed by atoms with E-state index in [4.69, 9.17) is 4.74 Å². The number of carbonyl (C=O) groups excluding carboxylic acids is 1. The summed E-state index contributed by atoms with van der Waals surface area (Å²) in [5.74, 6) is 6.95. The Morgan fingerprint density at radius 3 is 2.28 bits per heavy atom. The van der Waals surface area contributed by atoms with Gasteiger partial charge < -0.3 is 15.4 Å². The van der Waals surface area contributed by atoms with Gasteiger partial charge in [-0.2, -0.15) is 0 Å². The van der Waals surface area contributed by atoms with Crippen LogP contribution in [0.25, 0.3) is 0 Å². The monoisotopic (exact) mass is 345 g/mol. The van der Waals surface area contributed by atoms with Gasteiger partial charge in [-0.25, -0.2) is 4.79 Å². The van der Waals surface area contributed by atoms with Crippen LogP contribution in [0.1, 0.15) is 33.3 Å². The van der Waals surface area contributed by atoms with Crippen molar-refractivity contribution in [1.82, 2.24) is 15.5 Å². The number of nitrogens with zero attached hydrogens (tertiary/aromatic N) is 1. The lowest BCUT2D eigenvalue weighted by Crippen LogP contribution is -2.38. The zero-order chi connectivity index (χ0) is 18.7. The van der Waals surface area contributed by atoms with Crippen molar-refractivity contribution in [3.63, 3.8) is 0 Å². The number of hydrogen-bond acceptors (Lipinski definition) is 3. The number of ether oxygens (including phenoxy) is 1. The highest BCUT2D eigenvalue weighted by atomic mass is 16.5. The molecule has 0 unspecified atom stereocenters. The van der Waals surface area contributed by atoms with E-state index < -0.39 is 0 Å². The predicted octanol–water partition coefficient (Wildman–Crippen LogP) is 2.66. The highest BCUT2D eigenvalue weighted by Gasteiger charge is 2.10. The van der Waals surface area contributed by atoms with Gasteiger partial charge in [0.05, 0.1) is 20.2 Å². The van der Waals surface area contributed by atoms with Crippen molar-refractivity contribution >= 4 is 6.03 Å². The second-order valence-electron chi connectivity index (χ2n) is 6.42. The molecule has 0 spiro atoms. The second-order valence-corrected chi connectivity index (χ2v) is 6.42. The number of methoxy groups -OCH3 is 1. The van der Waals surface area contributed by atoms with Crippen LogP contribution < -0.4 is 15.4 Å². The smallest absolute Gasteiger partial charge is 0.315 e. The lowest BCUT2D eigenvalue weighted by atomic mass is 10.1. The fourth-order valence-corrected chi connectivity index (χ4v) is 2.47. The summed E-state index contributed by atoms with van der Waals surface area (Å²) in [5.41, 5.74) is 1.16. The first-order valence-corrected chi connectivity index (χ1v) is 8.80. The molecule has 0 radical (unpaired) electrons. The molecule has 5 nitrogen and oxygen atoms in total. The Bertz CT molecular complexity index is 563. The largest absolute Gasteiger partial charge is 0.497 e. The summed E-state index contributed by atoms with van der Waals surface area (Å²) >= 11 is 0. The lowest BCUT2D eigenvalue weighted by Gasteiger charge is -2.28. The number of nitrogens with one attached hydrogen (secondary N) is 2. The SMILES string of the molecule is COc1ccc(CCNC(=O)NCC#CCN(C(C)C)C(C)C)cc1. The van der Waals surface area contributed by atoms with Crippen LogP contribution in [0.3, 0.4) is 0 Å². The summed E-state index contributed by atoms with van der Waals surface area (Å²) in [6.45, 7) is 10.3. The molecule has 0 heterocycles. The minimum Gasteiger partial charge on any atom is -0.497 e. The Balaban J connectivity index is 2.21. The zero-order valence-electron chi connectivity index (χ0n) is 16.1. The first kappa shape index (κ1) is 20.9. The maximum absolute atomic E-state index is 11.7. The molecule has 1 aromatic rings. The summed E-state index contributed by atoms with van der Waals surface area (Å²) in [6.07, 6.45) is 0.779. The number of urea groups is 1. The molecular formula is C20H31N3O2. The van der Waals surface area contributed by atoms with Crippen molar-refractivity contribution in [2.24, 2.45) is 0 Å². The normalized spacial score (nSPS) is 10.6. The molecule has 0 fully saturated rings. The Labute approximate surface area is 152 Å². The van der Waals surface area contributed by atoms with E-state index in [0.29, 0.717) is 25.2 Å². The van der Waals surface area contributed by atoms with Gasteiger partial charge in [-0.05, 0) is 51.8 Å². The molecule has 25 heavy (non-hydrogen) atoms. The third-order valence-corrected chi connectivity index (χ3v) is 3.91. The summed E-state index contributed by atoms with van der Waals surface area (Å²) in [5, 5.41) is 5.59. The molecule has 0 aliphatic rings. The fraction of sp³-hybridized carbons (Fsp3) is 0.550. The molecular weight excluding hydrogens is 314 g/mol. The molecule has 0 saturated carbocycles. The quantitative estimate of drug-likeness (QED) is 0.712. The second kappa shape index (κ2) is 11.4. The molecule has 0 atom stereocenters. The van der Waals surface area contributed by atoms with E-state index in [1.54, 1.807) is 7.11 Å². The van der Waals surface area contributed by atoms with Crippen molar-refractivity contribution in [3.8, 4) is 17.6 Å². The summed E-state index contributed by atoms with van der Waals surface area (Å²) in [7, 11) is 1.65. The highest BCUT2D eigenvalue weighted by Crippen LogP contribution is 2.11. The Hall–Kier alpha value is -2.19.